The van der Waals surface area contributed by atoms with Crippen LogP contribution in [0.2, 0.25) is 0 Å². The molecule has 1 aromatic carbocycles. The van der Waals surface area contributed by atoms with Gasteiger partial charge in [-0.25, -0.2) is 4.79 Å². The largest absolute Gasteiger partial charge is 0.328 e. The lowest BCUT2D eigenvalue weighted by Crippen LogP contribution is -2.35. The molecule has 3 heterocycles. The van der Waals surface area contributed by atoms with Gasteiger partial charge in [-0.3, -0.25) is 9.36 Å². The fraction of sp³-hybridized carbons (Fsp3) is 0.333. The van der Waals surface area contributed by atoms with Crippen LogP contribution < -0.4 is 11.2 Å². The molecule has 0 saturated heterocycles. The Morgan fingerprint density at radius 1 is 1.18 bits per heavy atom. The zero-order chi connectivity index (χ0) is 15.1. The number of aromatic amines is 1. The molecule has 0 radical (unpaired) electrons. The van der Waals surface area contributed by atoms with Crippen LogP contribution in [-0.4, -0.2) is 24.3 Å². The number of aromatic nitrogens is 5. The van der Waals surface area contributed by atoms with Crippen LogP contribution >= 0.6 is 0 Å². The van der Waals surface area contributed by atoms with Crippen LogP contribution in [0.25, 0.3) is 10.9 Å². The molecule has 1 aliphatic rings. The normalized spacial score (nSPS) is 13.6. The lowest BCUT2D eigenvalue weighted by atomic mass is 10.2. The van der Waals surface area contributed by atoms with Crippen LogP contribution in [-0.2, 0) is 25.9 Å². The lowest BCUT2D eigenvalue weighted by Gasteiger charge is -2.06. The fourth-order valence-electron chi connectivity index (χ4n) is 3.01. The van der Waals surface area contributed by atoms with Crippen molar-refractivity contribution in [3.63, 3.8) is 0 Å². The van der Waals surface area contributed by atoms with Crippen molar-refractivity contribution in [2.24, 2.45) is 0 Å². The van der Waals surface area contributed by atoms with Crippen molar-refractivity contribution in [2.75, 3.05) is 0 Å². The molecule has 112 valence electrons. The van der Waals surface area contributed by atoms with Crippen LogP contribution in [0.15, 0.2) is 33.9 Å². The van der Waals surface area contributed by atoms with Crippen LogP contribution in [0.1, 0.15) is 18.1 Å². The molecule has 2 aromatic heterocycles. The third-order valence-corrected chi connectivity index (χ3v) is 4.13. The maximum atomic E-state index is 12.4. The van der Waals surface area contributed by atoms with Crippen molar-refractivity contribution >= 4 is 10.9 Å². The Kier molecular flexibility index (Phi) is 2.92. The Labute approximate surface area is 125 Å². The minimum absolute atomic E-state index is 0.263. The zero-order valence-electron chi connectivity index (χ0n) is 12.0. The van der Waals surface area contributed by atoms with E-state index in [0.29, 0.717) is 23.9 Å². The number of aryl methyl sites for hydroxylation is 2. The van der Waals surface area contributed by atoms with E-state index in [4.69, 9.17) is 0 Å². The molecule has 4 rings (SSSR count). The van der Waals surface area contributed by atoms with Crippen molar-refractivity contribution in [2.45, 2.75) is 32.4 Å². The fourth-order valence-corrected chi connectivity index (χ4v) is 3.01. The van der Waals surface area contributed by atoms with Crippen molar-refractivity contribution in [3.05, 3.63) is 56.8 Å². The van der Waals surface area contributed by atoms with Gasteiger partial charge >= 0.3 is 5.69 Å². The van der Waals surface area contributed by atoms with E-state index in [1.807, 2.05) is 0 Å². The molecule has 3 aromatic rings. The first kappa shape index (κ1) is 13.0. The van der Waals surface area contributed by atoms with E-state index in [9.17, 15) is 9.59 Å². The van der Waals surface area contributed by atoms with Crippen LogP contribution in [0, 0.1) is 0 Å². The first-order valence-electron chi connectivity index (χ1n) is 7.37. The molecule has 1 aliphatic heterocycles. The van der Waals surface area contributed by atoms with Crippen molar-refractivity contribution in [1.82, 2.24) is 24.3 Å². The van der Waals surface area contributed by atoms with Crippen molar-refractivity contribution < 1.29 is 0 Å². The van der Waals surface area contributed by atoms with E-state index in [1.54, 1.807) is 24.3 Å². The number of nitrogens with zero attached hydrogens (tertiary/aromatic N) is 4. The molecule has 0 spiro atoms. The molecule has 7 nitrogen and oxygen atoms in total. The molecule has 0 aliphatic carbocycles. The van der Waals surface area contributed by atoms with E-state index >= 15 is 0 Å². The Morgan fingerprint density at radius 2 is 2.05 bits per heavy atom. The smallest absolute Gasteiger partial charge is 0.315 e. The molecule has 0 amide bonds. The number of hydrogen-bond donors (Lipinski definition) is 1. The molecule has 0 atom stereocenters. The van der Waals surface area contributed by atoms with E-state index in [1.165, 1.54) is 4.57 Å². The lowest BCUT2D eigenvalue weighted by molar-refractivity contribution is 0.591. The molecular formula is C15H15N5O2. The number of H-pyrrole nitrogens is 1. The first-order valence-corrected chi connectivity index (χ1v) is 7.37. The summed E-state index contributed by atoms with van der Waals surface area (Å²) in [7, 11) is 0. The minimum atomic E-state index is -0.384. The van der Waals surface area contributed by atoms with Gasteiger partial charge in [-0.05, 0) is 18.6 Å². The first-order chi connectivity index (χ1) is 10.7. The number of para-hydroxylation sites is 1. The predicted octanol–water partition coefficient (Wildman–Crippen LogP) is 0.470. The monoisotopic (exact) mass is 297 g/mol. The summed E-state index contributed by atoms with van der Waals surface area (Å²) in [5.41, 5.74) is -0.0810. The van der Waals surface area contributed by atoms with Gasteiger partial charge in [0.25, 0.3) is 5.56 Å². The van der Waals surface area contributed by atoms with Gasteiger partial charge in [-0.2, -0.15) is 0 Å². The molecular weight excluding hydrogens is 282 g/mol. The Balaban J connectivity index is 1.70. The second-order valence-electron chi connectivity index (χ2n) is 5.47. The van der Waals surface area contributed by atoms with Crippen LogP contribution in [0.3, 0.4) is 0 Å². The van der Waals surface area contributed by atoms with Gasteiger partial charge in [-0.15, -0.1) is 10.2 Å². The van der Waals surface area contributed by atoms with E-state index in [0.717, 1.165) is 31.0 Å². The zero-order valence-corrected chi connectivity index (χ0v) is 12.0. The van der Waals surface area contributed by atoms with Crippen molar-refractivity contribution in [1.29, 1.82) is 0 Å². The SMILES string of the molecule is O=c1[nH]c2ccccc2c(=O)n1CCc1nnc2n1CCC2. The van der Waals surface area contributed by atoms with Gasteiger partial charge in [0.1, 0.15) is 11.6 Å². The molecule has 0 saturated carbocycles. The average molecular weight is 297 g/mol. The highest BCUT2D eigenvalue weighted by molar-refractivity contribution is 5.76. The minimum Gasteiger partial charge on any atom is -0.315 e. The quantitative estimate of drug-likeness (QED) is 0.761. The molecule has 1 N–H and O–H groups in total. The Morgan fingerprint density at radius 3 is 2.95 bits per heavy atom. The number of nitrogens with one attached hydrogen (secondary N) is 1. The third kappa shape index (κ3) is 1.97. The Hall–Kier alpha value is -2.70. The molecule has 0 bridgehead atoms. The predicted molar refractivity (Wildman–Crippen MR) is 80.9 cm³/mol. The van der Waals surface area contributed by atoms with Crippen LogP contribution in [0.4, 0.5) is 0 Å². The number of fused-ring (bicyclic) bond motifs is 2. The second-order valence-corrected chi connectivity index (χ2v) is 5.47. The highest BCUT2D eigenvalue weighted by Gasteiger charge is 2.17. The van der Waals surface area contributed by atoms with Gasteiger partial charge < -0.3 is 9.55 Å². The van der Waals surface area contributed by atoms with Gasteiger partial charge in [-0.1, -0.05) is 12.1 Å². The van der Waals surface area contributed by atoms with Crippen LogP contribution in [0.5, 0.6) is 0 Å². The summed E-state index contributed by atoms with van der Waals surface area (Å²) < 4.78 is 3.32. The number of rotatable bonds is 3. The molecule has 7 heteroatoms. The Bertz CT molecular complexity index is 966. The topological polar surface area (TPSA) is 85.6 Å². The molecule has 0 fully saturated rings. The highest BCUT2D eigenvalue weighted by Crippen LogP contribution is 2.14. The number of hydrogen-bond acceptors (Lipinski definition) is 4. The third-order valence-electron chi connectivity index (χ3n) is 4.13. The molecule has 22 heavy (non-hydrogen) atoms. The summed E-state index contributed by atoms with van der Waals surface area (Å²) in [5.74, 6) is 1.83. The number of benzene rings is 1. The summed E-state index contributed by atoms with van der Waals surface area (Å²) in [6.07, 6.45) is 2.55. The summed E-state index contributed by atoms with van der Waals surface area (Å²) in [6, 6.07) is 7.03. The van der Waals surface area contributed by atoms with E-state index < -0.39 is 0 Å². The van der Waals surface area contributed by atoms with E-state index in [2.05, 4.69) is 19.7 Å². The van der Waals surface area contributed by atoms with E-state index in [-0.39, 0.29) is 11.2 Å². The summed E-state index contributed by atoms with van der Waals surface area (Å²) >= 11 is 0. The maximum absolute atomic E-state index is 12.4. The van der Waals surface area contributed by atoms with Gasteiger partial charge in [0.2, 0.25) is 0 Å². The second kappa shape index (κ2) is 4.94. The summed E-state index contributed by atoms with van der Waals surface area (Å²) in [5, 5.41) is 8.83. The average Bonchev–Trinajstić information content (AvgIpc) is 3.11. The summed E-state index contributed by atoms with van der Waals surface area (Å²) in [6.45, 7) is 1.22. The summed E-state index contributed by atoms with van der Waals surface area (Å²) in [4.78, 5) is 27.3. The van der Waals surface area contributed by atoms with Crippen molar-refractivity contribution in [3.8, 4) is 0 Å². The standard InChI is InChI=1S/C15H15N5O2/c21-14-10-4-1-2-5-11(10)16-15(22)20(14)9-7-13-18-17-12-6-3-8-19(12)13/h1-2,4-5H,3,6-9H2,(H,16,22). The highest BCUT2D eigenvalue weighted by atomic mass is 16.2. The van der Waals surface area contributed by atoms with Gasteiger partial charge in [0, 0.05) is 25.9 Å². The van der Waals surface area contributed by atoms with Gasteiger partial charge in [0.15, 0.2) is 0 Å². The maximum Gasteiger partial charge on any atom is 0.328 e. The van der Waals surface area contributed by atoms with Gasteiger partial charge in [0.05, 0.1) is 10.9 Å². The molecule has 0 unspecified atom stereocenters.